The molecule has 3 aromatic rings. The molecule has 1 atom stereocenters. The minimum absolute atomic E-state index is 0.0383. The lowest BCUT2D eigenvalue weighted by atomic mass is 10.1. The Bertz CT molecular complexity index is 1460. The number of amides is 2. The first-order valence-corrected chi connectivity index (χ1v) is 15.4. The molecule has 3 aromatic carbocycles. The number of carbonyl (C=O) groups excluding carboxylic acids is 2. The quantitative estimate of drug-likeness (QED) is 0.310. The molecular formula is C30H33Cl2N3O4S. The van der Waals surface area contributed by atoms with Gasteiger partial charge in [-0.15, -0.1) is 0 Å². The van der Waals surface area contributed by atoms with Crippen LogP contribution in [0.4, 0.5) is 5.69 Å². The summed E-state index contributed by atoms with van der Waals surface area (Å²) < 4.78 is 28.9. The minimum Gasteiger partial charge on any atom is -0.352 e. The molecule has 10 heteroatoms. The highest BCUT2D eigenvalue weighted by atomic mass is 35.5. The summed E-state index contributed by atoms with van der Waals surface area (Å²) in [6, 6.07) is 19.0. The number of nitrogens with zero attached hydrogens (tertiary/aromatic N) is 2. The average molecular weight is 603 g/mol. The minimum atomic E-state index is -4.15. The van der Waals surface area contributed by atoms with E-state index in [0.717, 1.165) is 30.0 Å². The Balaban J connectivity index is 1.71. The first kappa shape index (κ1) is 29.9. The van der Waals surface area contributed by atoms with Gasteiger partial charge in [-0.2, -0.15) is 0 Å². The van der Waals surface area contributed by atoms with Crippen LogP contribution in [-0.2, 0) is 26.2 Å². The van der Waals surface area contributed by atoms with Gasteiger partial charge in [0, 0.05) is 22.6 Å². The Hall–Kier alpha value is -3.07. The van der Waals surface area contributed by atoms with Gasteiger partial charge in [-0.1, -0.05) is 72.4 Å². The lowest BCUT2D eigenvalue weighted by Crippen LogP contribution is -2.52. The number of rotatable bonds is 10. The summed E-state index contributed by atoms with van der Waals surface area (Å²) in [7, 11) is -4.15. The van der Waals surface area contributed by atoms with Crippen LogP contribution in [0.5, 0.6) is 0 Å². The van der Waals surface area contributed by atoms with Crippen LogP contribution in [0, 0.1) is 6.92 Å². The van der Waals surface area contributed by atoms with E-state index >= 15 is 0 Å². The summed E-state index contributed by atoms with van der Waals surface area (Å²) in [5.41, 5.74) is 1.56. The van der Waals surface area contributed by atoms with Gasteiger partial charge in [0.1, 0.15) is 12.6 Å². The van der Waals surface area contributed by atoms with E-state index in [1.807, 2.05) is 0 Å². The van der Waals surface area contributed by atoms with Crippen LogP contribution in [0.1, 0.15) is 43.7 Å². The van der Waals surface area contributed by atoms with Crippen molar-refractivity contribution in [2.75, 3.05) is 10.8 Å². The van der Waals surface area contributed by atoms with Gasteiger partial charge in [0.2, 0.25) is 11.8 Å². The Morgan fingerprint density at radius 3 is 2.27 bits per heavy atom. The SMILES string of the molecule is Cc1cc(Cl)ccc1N(CC(=O)N(Cc1ccccc1Cl)C(C)C(=O)NC1CCCC1)S(=O)(=O)c1ccccc1. The molecule has 4 rings (SSSR count). The number of aryl methyl sites for hydroxylation is 1. The van der Waals surface area contributed by atoms with E-state index in [2.05, 4.69) is 5.32 Å². The molecule has 2 amide bonds. The molecule has 40 heavy (non-hydrogen) atoms. The second-order valence-electron chi connectivity index (χ2n) is 10.0. The predicted molar refractivity (Wildman–Crippen MR) is 159 cm³/mol. The highest BCUT2D eigenvalue weighted by molar-refractivity contribution is 7.92. The maximum atomic E-state index is 14.1. The Kier molecular flexibility index (Phi) is 9.77. The van der Waals surface area contributed by atoms with Crippen molar-refractivity contribution >= 4 is 50.7 Å². The second kappa shape index (κ2) is 13.1. The molecule has 0 radical (unpaired) electrons. The lowest BCUT2D eigenvalue weighted by molar-refractivity contribution is -0.139. The lowest BCUT2D eigenvalue weighted by Gasteiger charge is -2.33. The summed E-state index contributed by atoms with van der Waals surface area (Å²) >= 11 is 12.6. The number of hydrogen-bond acceptors (Lipinski definition) is 4. The Morgan fingerprint density at radius 1 is 0.975 bits per heavy atom. The van der Waals surface area contributed by atoms with Crippen LogP contribution in [-0.4, -0.2) is 43.8 Å². The maximum absolute atomic E-state index is 14.1. The molecule has 0 saturated heterocycles. The normalized spacial score (nSPS) is 14.5. The Labute approximate surface area is 246 Å². The molecule has 1 aliphatic carbocycles. The van der Waals surface area contributed by atoms with Gasteiger partial charge in [0.15, 0.2) is 0 Å². The molecule has 0 heterocycles. The monoisotopic (exact) mass is 601 g/mol. The largest absolute Gasteiger partial charge is 0.352 e. The highest BCUT2D eigenvalue weighted by Gasteiger charge is 2.34. The molecule has 0 aromatic heterocycles. The first-order valence-electron chi connectivity index (χ1n) is 13.2. The molecule has 0 aliphatic heterocycles. The molecule has 1 unspecified atom stereocenters. The fourth-order valence-electron chi connectivity index (χ4n) is 4.92. The van der Waals surface area contributed by atoms with Crippen molar-refractivity contribution in [3.05, 3.63) is 94.0 Å². The van der Waals surface area contributed by atoms with Crippen LogP contribution >= 0.6 is 23.2 Å². The zero-order valence-electron chi connectivity index (χ0n) is 22.5. The van der Waals surface area contributed by atoms with Crippen LogP contribution < -0.4 is 9.62 Å². The summed E-state index contributed by atoms with van der Waals surface area (Å²) in [5.74, 6) is -0.824. The number of nitrogens with one attached hydrogen (secondary N) is 1. The fourth-order valence-corrected chi connectivity index (χ4v) is 6.84. The Morgan fingerprint density at radius 2 is 1.62 bits per heavy atom. The van der Waals surface area contributed by atoms with Gasteiger partial charge in [-0.3, -0.25) is 13.9 Å². The first-order chi connectivity index (χ1) is 19.1. The van der Waals surface area contributed by atoms with Crippen molar-refractivity contribution in [1.29, 1.82) is 0 Å². The van der Waals surface area contributed by atoms with Gasteiger partial charge in [0.25, 0.3) is 10.0 Å². The summed E-state index contributed by atoms with van der Waals surface area (Å²) in [4.78, 5) is 28.8. The van der Waals surface area contributed by atoms with Gasteiger partial charge >= 0.3 is 0 Å². The molecule has 1 aliphatic rings. The molecular weight excluding hydrogens is 569 g/mol. The van der Waals surface area contributed by atoms with Crippen molar-refractivity contribution < 1.29 is 18.0 Å². The second-order valence-corrected chi connectivity index (χ2v) is 12.7. The van der Waals surface area contributed by atoms with E-state index in [0.29, 0.717) is 26.9 Å². The van der Waals surface area contributed by atoms with Crippen LogP contribution in [0.25, 0.3) is 0 Å². The van der Waals surface area contributed by atoms with Crippen molar-refractivity contribution in [3.63, 3.8) is 0 Å². The van der Waals surface area contributed by atoms with Gasteiger partial charge < -0.3 is 10.2 Å². The average Bonchev–Trinajstić information content (AvgIpc) is 3.44. The van der Waals surface area contributed by atoms with E-state index in [9.17, 15) is 18.0 Å². The topological polar surface area (TPSA) is 86.8 Å². The summed E-state index contributed by atoms with van der Waals surface area (Å²) in [6.07, 6.45) is 3.90. The highest BCUT2D eigenvalue weighted by Crippen LogP contribution is 2.30. The molecule has 1 saturated carbocycles. The third-order valence-corrected chi connectivity index (χ3v) is 9.58. The number of hydrogen-bond donors (Lipinski definition) is 1. The van der Waals surface area contributed by atoms with Crippen molar-refractivity contribution in [2.24, 2.45) is 0 Å². The molecule has 0 spiro atoms. The summed E-state index contributed by atoms with van der Waals surface area (Å²) in [5, 5.41) is 3.95. The van der Waals surface area contributed by atoms with Crippen molar-refractivity contribution in [3.8, 4) is 0 Å². The van der Waals surface area contributed by atoms with Crippen molar-refractivity contribution in [1.82, 2.24) is 10.2 Å². The predicted octanol–water partition coefficient (Wildman–Crippen LogP) is 5.97. The molecule has 1 fully saturated rings. The van der Waals surface area contributed by atoms with E-state index in [-0.39, 0.29) is 23.4 Å². The van der Waals surface area contributed by atoms with E-state index in [1.165, 1.54) is 17.0 Å². The number of carbonyl (C=O) groups is 2. The number of sulfonamides is 1. The zero-order valence-corrected chi connectivity index (χ0v) is 24.8. The van der Waals surface area contributed by atoms with Crippen LogP contribution in [0.15, 0.2) is 77.7 Å². The van der Waals surface area contributed by atoms with Crippen LogP contribution in [0.2, 0.25) is 10.0 Å². The standard InChI is InChI=1S/C30H33Cl2N3O4S/c1-21-18-24(31)16-17-28(21)35(40(38,39)26-13-4-3-5-14-26)20-29(36)34(19-23-10-6-9-15-27(23)32)22(2)30(37)33-25-11-7-8-12-25/h3-6,9-10,13-18,22,25H,7-8,11-12,19-20H2,1-2H3,(H,33,37). The molecule has 7 nitrogen and oxygen atoms in total. The van der Waals surface area contributed by atoms with E-state index < -0.39 is 28.5 Å². The van der Waals surface area contributed by atoms with Crippen molar-refractivity contribution in [2.45, 2.75) is 63.1 Å². The maximum Gasteiger partial charge on any atom is 0.264 e. The zero-order chi connectivity index (χ0) is 28.9. The summed E-state index contributed by atoms with van der Waals surface area (Å²) in [6.45, 7) is 2.91. The van der Waals surface area contributed by atoms with Gasteiger partial charge in [-0.25, -0.2) is 8.42 Å². The molecule has 212 valence electrons. The van der Waals surface area contributed by atoms with E-state index in [4.69, 9.17) is 23.2 Å². The smallest absolute Gasteiger partial charge is 0.264 e. The third-order valence-electron chi connectivity index (χ3n) is 7.20. The molecule has 1 N–H and O–H groups in total. The number of halogens is 2. The van der Waals surface area contributed by atoms with Crippen LogP contribution in [0.3, 0.4) is 0 Å². The third kappa shape index (κ3) is 6.97. The van der Waals surface area contributed by atoms with Gasteiger partial charge in [0.05, 0.1) is 10.6 Å². The number of benzene rings is 3. The number of anilines is 1. The fraction of sp³-hybridized carbons (Fsp3) is 0.333. The molecule has 0 bridgehead atoms. The van der Waals surface area contributed by atoms with E-state index in [1.54, 1.807) is 74.5 Å². The van der Waals surface area contributed by atoms with Gasteiger partial charge in [-0.05, 0) is 74.2 Å².